The van der Waals surface area contributed by atoms with E-state index in [1.165, 1.54) is 154 Å². The minimum atomic E-state index is -1.62. The SMILES string of the molecule is CC/C=C\C/C=C\C/C=C\C/C=C\C/C=C\CCCCCCCCCCCCCC(=O)OC1C(OCC(NC(=O)C(O)CCCCCCCCCCCCCC)C(O)/C=C/CCCCCCCCCCCCC)OC(CO)C(O)C1O. The summed E-state index contributed by atoms with van der Waals surface area (Å²) in [5.74, 6) is -1.19. The second-order valence-corrected chi connectivity index (χ2v) is 23.2. The summed E-state index contributed by atoms with van der Waals surface area (Å²) >= 11 is 0. The van der Waals surface area contributed by atoms with Crippen LogP contribution >= 0.6 is 0 Å². The third-order valence-electron chi connectivity index (χ3n) is 15.6. The number of allylic oxidation sites excluding steroid dienone is 11. The fourth-order valence-electron chi connectivity index (χ4n) is 10.3. The number of hydrogen-bond donors (Lipinski definition) is 6. The molecule has 1 amide bonds. The second-order valence-electron chi connectivity index (χ2n) is 23.2. The number of rotatable bonds is 57. The van der Waals surface area contributed by atoms with Crippen LogP contribution in [-0.4, -0.2) is 99.6 Å². The lowest BCUT2D eigenvalue weighted by molar-refractivity contribution is -0.305. The van der Waals surface area contributed by atoms with Gasteiger partial charge in [0.2, 0.25) is 5.91 Å². The molecule has 0 spiro atoms. The zero-order chi connectivity index (χ0) is 58.9. The van der Waals surface area contributed by atoms with Crippen molar-refractivity contribution >= 4 is 11.9 Å². The van der Waals surface area contributed by atoms with Crippen LogP contribution in [0.1, 0.15) is 297 Å². The van der Waals surface area contributed by atoms with E-state index in [0.717, 1.165) is 96.3 Å². The quantitative estimate of drug-likeness (QED) is 0.0195. The van der Waals surface area contributed by atoms with Gasteiger partial charge in [0, 0.05) is 6.42 Å². The lowest BCUT2D eigenvalue weighted by Crippen LogP contribution is -2.61. The van der Waals surface area contributed by atoms with E-state index < -0.39 is 67.4 Å². The maximum Gasteiger partial charge on any atom is 0.306 e. The fourth-order valence-corrected chi connectivity index (χ4v) is 10.3. The number of amides is 1. The van der Waals surface area contributed by atoms with E-state index in [1.807, 2.05) is 6.08 Å². The highest BCUT2D eigenvalue weighted by Crippen LogP contribution is 2.26. The molecular formula is C70H125NO10. The summed E-state index contributed by atoms with van der Waals surface area (Å²) in [5, 5.41) is 57.1. The van der Waals surface area contributed by atoms with Gasteiger partial charge in [0.1, 0.15) is 24.4 Å². The van der Waals surface area contributed by atoms with E-state index in [4.69, 9.17) is 14.2 Å². The molecule has 11 nitrogen and oxygen atoms in total. The molecule has 81 heavy (non-hydrogen) atoms. The third-order valence-corrected chi connectivity index (χ3v) is 15.6. The van der Waals surface area contributed by atoms with Crippen LogP contribution < -0.4 is 5.32 Å². The van der Waals surface area contributed by atoms with Crippen LogP contribution in [0.2, 0.25) is 0 Å². The standard InChI is InChI=1S/C70H125NO10/c1-4-7-10-13-16-19-22-25-26-27-28-29-30-31-32-33-34-35-36-37-38-40-43-46-49-52-55-58-65(75)81-68-67(77)66(76)64(59-72)80-70(68)79-60-61(62(73)56-53-50-47-44-42-39-23-20-17-14-11-8-5-2)71-69(78)63(74)57-54-51-48-45-41-24-21-18-15-12-9-6-3/h7,10,16,19,25-26,28-29,31-32,53,56,61-64,66-68,70,72-74,76-77H,4-6,8-9,11-15,17-18,20-24,27,30,33-52,54-55,57-60H2,1-3H3,(H,71,78)/b10-7-,19-16-,26-25-,29-28-,32-31-,56-53+. The summed E-state index contributed by atoms with van der Waals surface area (Å²) in [6.07, 6.45) is 63.7. The number of ether oxygens (including phenoxy) is 3. The van der Waals surface area contributed by atoms with Crippen molar-refractivity contribution in [3.05, 3.63) is 72.9 Å². The summed E-state index contributed by atoms with van der Waals surface area (Å²) in [7, 11) is 0. The molecule has 0 aromatic rings. The van der Waals surface area contributed by atoms with Gasteiger partial charge in [-0.1, -0.05) is 293 Å². The topological polar surface area (TPSA) is 175 Å². The van der Waals surface area contributed by atoms with Gasteiger partial charge in [-0.05, 0) is 70.6 Å². The van der Waals surface area contributed by atoms with Gasteiger partial charge >= 0.3 is 5.97 Å². The number of hydrogen-bond acceptors (Lipinski definition) is 10. The Kier molecular flexibility index (Phi) is 54.1. The van der Waals surface area contributed by atoms with E-state index in [2.05, 4.69) is 86.8 Å². The molecule has 0 aromatic heterocycles. The monoisotopic (exact) mass is 1140 g/mol. The van der Waals surface area contributed by atoms with Crippen LogP contribution in [-0.2, 0) is 23.8 Å². The first-order valence-corrected chi connectivity index (χ1v) is 33.7. The Balaban J connectivity index is 2.56. The van der Waals surface area contributed by atoms with E-state index in [9.17, 15) is 35.1 Å². The van der Waals surface area contributed by atoms with Crippen molar-refractivity contribution in [1.82, 2.24) is 5.32 Å². The van der Waals surface area contributed by atoms with Gasteiger partial charge in [-0.25, -0.2) is 0 Å². The predicted octanol–water partition coefficient (Wildman–Crippen LogP) is 16.7. The maximum atomic E-state index is 13.4. The average molecular weight is 1140 g/mol. The number of aliphatic hydroxyl groups excluding tert-OH is 5. The van der Waals surface area contributed by atoms with Crippen molar-refractivity contribution in [3.63, 3.8) is 0 Å². The Morgan fingerprint density at radius 2 is 0.889 bits per heavy atom. The number of aliphatic hydroxyl groups is 5. The minimum absolute atomic E-state index is 0.119. The molecule has 11 heteroatoms. The molecule has 0 bridgehead atoms. The minimum Gasteiger partial charge on any atom is -0.454 e. The maximum absolute atomic E-state index is 13.4. The van der Waals surface area contributed by atoms with Crippen molar-refractivity contribution < 1.29 is 49.3 Å². The highest BCUT2D eigenvalue weighted by molar-refractivity contribution is 5.80. The number of unbranched alkanes of at least 4 members (excludes halogenated alkanes) is 33. The van der Waals surface area contributed by atoms with Crippen molar-refractivity contribution in [3.8, 4) is 0 Å². The molecule has 1 aliphatic rings. The summed E-state index contributed by atoms with van der Waals surface area (Å²) in [6.45, 7) is 5.69. The molecule has 1 fully saturated rings. The Hall–Kier alpha value is -2.90. The van der Waals surface area contributed by atoms with Gasteiger partial charge in [-0.15, -0.1) is 0 Å². The second kappa shape index (κ2) is 57.5. The molecule has 470 valence electrons. The number of nitrogens with one attached hydrogen (secondary N) is 1. The molecule has 1 rings (SSSR count). The van der Waals surface area contributed by atoms with E-state index in [1.54, 1.807) is 6.08 Å². The Bertz CT molecular complexity index is 1590. The van der Waals surface area contributed by atoms with Gasteiger partial charge in [-0.2, -0.15) is 0 Å². The molecule has 0 aromatic carbocycles. The smallest absolute Gasteiger partial charge is 0.306 e. The van der Waals surface area contributed by atoms with Crippen molar-refractivity contribution in [2.24, 2.45) is 0 Å². The van der Waals surface area contributed by atoms with Gasteiger partial charge in [0.25, 0.3) is 0 Å². The van der Waals surface area contributed by atoms with Crippen molar-refractivity contribution in [1.29, 1.82) is 0 Å². The summed E-state index contributed by atoms with van der Waals surface area (Å²) in [5.41, 5.74) is 0. The van der Waals surface area contributed by atoms with Crippen LogP contribution in [0.25, 0.3) is 0 Å². The summed E-state index contributed by atoms with van der Waals surface area (Å²) in [6, 6.07) is -1.02. The summed E-state index contributed by atoms with van der Waals surface area (Å²) < 4.78 is 17.7. The first-order valence-electron chi connectivity index (χ1n) is 33.7. The van der Waals surface area contributed by atoms with Crippen molar-refractivity contribution in [2.45, 2.75) is 346 Å². The largest absolute Gasteiger partial charge is 0.454 e. The molecule has 0 aliphatic carbocycles. The first-order chi connectivity index (χ1) is 39.7. The number of carbonyl (C=O) groups excluding carboxylic acids is 2. The number of esters is 1. The first kappa shape index (κ1) is 76.1. The van der Waals surface area contributed by atoms with Gasteiger partial charge < -0.3 is 45.1 Å². The highest BCUT2D eigenvalue weighted by atomic mass is 16.7. The van der Waals surface area contributed by atoms with E-state index >= 15 is 0 Å². The van der Waals surface area contributed by atoms with Crippen LogP contribution in [0.4, 0.5) is 0 Å². The van der Waals surface area contributed by atoms with Crippen molar-refractivity contribution in [2.75, 3.05) is 13.2 Å². The molecule has 8 atom stereocenters. The van der Waals surface area contributed by atoms with Crippen LogP contribution in [0, 0.1) is 0 Å². The molecular weight excluding hydrogens is 1010 g/mol. The van der Waals surface area contributed by atoms with Crippen LogP contribution in [0.3, 0.4) is 0 Å². The molecule has 6 N–H and O–H groups in total. The average Bonchev–Trinajstić information content (AvgIpc) is 3.50. The summed E-state index contributed by atoms with van der Waals surface area (Å²) in [4.78, 5) is 26.6. The molecule has 1 heterocycles. The van der Waals surface area contributed by atoms with Crippen LogP contribution in [0.15, 0.2) is 72.9 Å². The molecule has 8 unspecified atom stereocenters. The zero-order valence-electron chi connectivity index (χ0n) is 52.1. The Morgan fingerprint density at radius 1 is 0.494 bits per heavy atom. The molecule has 0 saturated carbocycles. The Labute approximate surface area is 496 Å². The zero-order valence-corrected chi connectivity index (χ0v) is 52.1. The lowest BCUT2D eigenvalue weighted by atomic mass is 9.99. The molecule has 0 radical (unpaired) electrons. The van der Waals surface area contributed by atoms with Crippen LogP contribution in [0.5, 0.6) is 0 Å². The Morgan fingerprint density at radius 3 is 1.33 bits per heavy atom. The van der Waals surface area contributed by atoms with E-state index in [0.29, 0.717) is 19.3 Å². The van der Waals surface area contributed by atoms with Gasteiger partial charge in [-0.3, -0.25) is 9.59 Å². The predicted molar refractivity (Wildman–Crippen MR) is 338 cm³/mol. The fraction of sp³-hybridized carbons (Fsp3) is 0.800. The molecule has 1 saturated heterocycles. The molecule has 1 aliphatic heterocycles. The highest BCUT2D eigenvalue weighted by Gasteiger charge is 2.47. The van der Waals surface area contributed by atoms with Gasteiger partial charge in [0.05, 0.1) is 25.4 Å². The van der Waals surface area contributed by atoms with Gasteiger partial charge in [0.15, 0.2) is 12.4 Å². The normalized spacial score (nSPS) is 19.1. The van der Waals surface area contributed by atoms with E-state index in [-0.39, 0.29) is 13.0 Å². The third kappa shape index (κ3) is 45.2. The number of carbonyl (C=O) groups is 2. The lowest BCUT2D eigenvalue weighted by Gasteiger charge is -2.41.